The molecule has 0 unspecified atom stereocenters. The molecule has 2 aromatic rings. The maximum atomic E-state index is 6.04. The molecule has 2 rings (SSSR count). The van der Waals surface area contributed by atoms with Crippen molar-refractivity contribution in [1.29, 1.82) is 0 Å². The average molecular weight is 377 g/mol. The van der Waals surface area contributed by atoms with Gasteiger partial charge in [-0.15, -0.1) is 0 Å². The molecule has 0 amide bonds. The van der Waals surface area contributed by atoms with Gasteiger partial charge in [-0.2, -0.15) is 0 Å². The van der Waals surface area contributed by atoms with Crippen LogP contribution in [0.2, 0.25) is 5.02 Å². The largest absolute Gasteiger partial charge is 0.454 e. The quantitative estimate of drug-likeness (QED) is 0.727. The first-order valence-electron chi connectivity index (χ1n) is 4.74. The fourth-order valence-electron chi connectivity index (χ4n) is 1.27. The van der Waals surface area contributed by atoms with E-state index in [1.165, 1.54) is 0 Å². The Morgan fingerprint density at radius 1 is 0.941 bits per heavy atom. The van der Waals surface area contributed by atoms with E-state index in [1.54, 1.807) is 24.3 Å². The summed E-state index contributed by atoms with van der Waals surface area (Å²) in [6.45, 7) is 0. The summed E-state index contributed by atoms with van der Waals surface area (Å²) < 4.78 is 7.47. The van der Waals surface area contributed by atoms with Gasteiger partial charge in [0.15, 0.2) is 5.75 Å². The van der Waals surface area contributed by atoms with Gasteiger partial charge in [0, 0.05) is 8.95 Å². The van der Waals surface area contributed by atoms with E-state index in [4.69, 9.17) is 22.1 Å². The Balaban J connectivity index is 2.37. The fraction of sp³-hybridized carbons (Fsp3) is 0. The van der Waals surface area contributed by atoms with E-state index in [2.05, 4.69) is 31.9 Å². The van der Waals surface area contributed by atoms with E-state index < -0.39 is 0 Å². The molecular weight excluding hydrogens is 369 g/mol. The Bertz CT molecular complexity index is 511. The van der Waals surface area contributed by atoms with Crippen LogP contribution in [0.25, 0.3) is 0 Å². The fourth-order valence-corrected chi connectivity index (χ4v) is 2.11. The van der Waals surface area contributed by atoms with Crippen LogP contribution >= 0.6 is 43.5 Å². The van der Waals surface area contributed by atoms with Crippen LogP contribution in [0.1, 0.15) is 0 Å². The third-order valence-electron chi connectivity index (χ3n) is 2.09. The van der Waals surface area contributed by atoms with Gasteiger partial charge in [-0.1, -0.05) is 43.5 Å². The van der Waals surface area contributed by atoms with Crippen LogP contribution in [0.4, 0.5) is 5.69 Å². The number of rotatable bonds is 2. The summed E-state index contributed by atoms with van der Waals surface area (Å²) in [7, 11) is 0. The Hall–Kier alpha value is -0.710. The molecule has 0 saturated heterocycles. The molecule has 2 nitrogen and oxygen atoms in total. The molecule has 88 valence electrons. The summed E-state index contributed by atoms with van der Waals surface area (Å²) in [5.74, 6) is 1.13. The molecule has 0 aliphatic heterocycles. The molecule has 0 fully saturated rings. The number of benzene rings is 2. The normalized spacial score (nSPS) is 10.3. The molecule has 2 aromatic carbocycles. The summed E-state index contributed by atoms with van der Waals surface area (Å²) in [5.41, 5.74) is 6.38. The molecule has 0 saturated carbocycles. The highest BCUT2D eigenvalue weighted by Crippen LogP contribution is 2.35. The molecule has 0 atom stereocenters. The molecule has 0 radical (unpaired) electrons. The van der Waals surface area contributed by atoms with Crippen LogP contribution < -0.4 is 10.5 Å². The van der Waals surface area contributed by atoms with E-state index in [0.29, 0.717) is 22.2 Å². The van der Waals surface area contributed by atoms with Crippen molar-refractivity contribution in [2.75, 3.05) is 5.73 Å². The third-order valence-corrected chi connectivity index (χ3v) is 3.39. The number of hydrogen-bond donors (Lipinski definition) is 1. The lowest BCUT2D eigenvalue weighted by molar-refractivity contribution is 0.484. The minimum Gasteiger partial charge on any atom is -0.454 e. The first-order valence-corrected chi connectivity index (χ1v) is 6.70. The van der Waals surface area contributed by atoms with Crippen molar-refractivity contribution < 1.29 is 4.74 Å². The average Bonchev–Trinajstić information content (AvgIpc) is 2.28. The van der Waals surface area contributed by atoms with E-state index in [1.807, 2.05) is 12.1 Å². The van der Waals surface area contributed by atoms with Crippen molar-refractivity contribution in [2.24, 2.45) is 0 Å². The second-order valence-corrected chi connectivity index (χ2v) is 5.60. The summed E-state index contributed by atoms with van der Waals surface area (Å²) in [6, 6.07) is 10.8. The zero-order valence-corrected chi connectivity index (χ0v) is 12.5. The molecule has 5 heteroatoms. The maximum absolute atomic E-state index is 6.04. The molecule has 0 aliphatic rings. The van der Waals surface area contributed by atoms with Gasteiger partial charge in [0.2, 0.25) is 0 Å². The zero-order valence-electron chi connectivity index (χ0n) is 8.58. The number of ether oxygens (including phenoxy) is 1. The molecule has 0 aliphatic carbocycles. The van der Waals surface area contributed by atoms with Crippen molar-refractivity contribution in [2.45, 2.75) is 0 Å². The lowest BCUT2D eigenvalue weighted by Gasteiger charge is -2.10. The maximum Gasteiger partial charge on any atom is 0.151 e. The predicted octanol–water partition coefficient (Wildman–Crippen LogP) is 5.24. The van der Waals surface area contributed by atoms with Gasteiger partial charge in [0.05, 0.1) is 10.7 Å². The lowest BCUT2D eigenvalue weighted by Crippen LogP contribution is -1.92. The molecule has 0 heterocycles. The lowest BCUT2D eigenvalue weighted by atomic mass is 10.3. The van der Waals surface area contributed by atoms with Crippen molar-refractivity contribution in [3.05, 3.63) is 50.4 Å². The first-order chi connectivity index (χ1) is 8.06. The number of nitrogens with two attached hydrogens (primary N) is 1. The second-order valence-electron chi connectivity index (χ2n) is 3.36. The topological polar surface area (TPSA) is 35.2 Å². The van der Waals surface area contributed by atoms with E-state index >= 15 is 0 Å². The van der Waals surface area contributed by atoms with Crippen LogP contribution in [-0.2, 0) is 0 Å². The number of hydrogen-bond acceptors (Lipinski definition) is 2. The monoisotopic (exact) mass is 375 g/mol. The van der Waals surface area contributed by atoms with Crippen LogP contribution in [-0.4, -0.2) is 0 Å². The highest BCUT2D eigenvalue weighted by atomic mass is 79.9. The molecule has 2 N–H and O–H groups in total. The highest BCUT2D eigenvalue weighted by molar-refractivity contribution is 9.10. The van der Waals surface area contributed by atoms with Crippen LogP contribution in [0.5, 0.6) is 11.5 Å². The van der Waals surface area contributed by atoms with Gasteiger partial charge < -0.3 is 10.5 Å². The van der Waals surface area contributed by atoms with Crippen LogP contribution in [0.3, 0.4) is 0 Å². The van der Waals surface area contributed by atoms with E-state index in [0.717, 1.165) is 8.95 Å². The van der Waals surface area contributed by atoms with Crippen LogP contribution in [0, 0.1) is 0 Å². The van der Waals surface area contributed by atoms with Gasteiger partial charge in [-0.05, 0) is 36.4 Å². The van der Waals surface area contributed by atoms with E-state index in [9.17, 15) is 0 Å². The van der Waals surface area contributed by atoms with Gasteiger partial charge in [0.1, 0.15) is 5.75 Å². The minimum atomic E-state index is 0.535. The van der Waals surface area contributed by atoms with Gasteiger partial charge in [0.25, 0.3) is 0 Å². The Labute approximate surface area is 121 Å². The number of anilines is 1. The Morgan fingerprint density at radius 3 is 2.24 bits per heavy atom. The van der Waals surface area contributed by atoms with Crippen LogP contribution in [0.15, 0.2) is 45.3 Å². The zero-order chi connectivity index (χ0) is 12.4. The molecule has 17 heavy (non-hydrogen) atoms. The summed E-state index contributed by atoms with van der Waals surface area (Å²) >= 11 is 12.8. The smallest absolute Gasteiger partial charge is 0.151 e. The Morgan fingerprint density at radius 2 is 1.53 bits per heavy atom. The van der Waals surface area contributed by atoms with Gasteiger partial charge >= 0.3 is 0 Å². The van der Waals surface area contributed by atoms with Crippen molar-refractivity contribution in [3.8, 4) is 11.5 Å². The Kier molecular flexibility index (Phi) is 3.97. The van der Waals surface area contributed by atoms with Crippen molar-refractivity contribution in [1.82, 2.24) is 0 Å². The predicted molar refractivity (Wildman–Crippen MR) is 77.8 cm³/mol. The SMILES string of the molecule is Nc1ccc(Br)cc1Oc1cc(Br)ccc1Cl. The van der Waals surface area contributed by atoms with Gasteiger partial charge in [-0.25, -0.2) is 0 Å². The summed E-state index contributed by atoms with van der Waals surface area (Å²) in [4.78, 5) is 0. The molecule has 0 bridgehead atoms. The highest BCUT2D eigenvalue weighted by Gasteiger charge is 2.07. The molecule has 0 aromatic heterocycles. The van der Waals surface area contributed by atoms with Crippen molar-refractivity contribution in [3.63, 3.8) is 0 Å². The minimum absolute atomic E-state index is 0.535. The van der Waals surface area contributed by atoms with Crippen molar-refractivity contribution >= 4 is 49.1 Å². The number of halogens is 3. The standard InChI is InChI=1S/C12H8Br2ClNO/c13-7-1-3-9(15)11(5-7)17-12-6-8(14)2-4-10(12)16/h1-6H,16H2. The van der Waals surface area contributed by atoms with E-state index in [-0.39, 0.29) is 0 Å². The molecular formula is C12H8Br2ClNO. The second kappa shape index (κ2) is 5.29. The van der Waals surface area contributed by atoms with Gasteiger partial charge in [-0.3, -0.25) is 0 Å². The summed E-state index contributed by atoms with van der Waals surface area (Å²) in [5, 5.41) is 0.535. The molecule has 0 spiro atoms. The summed E-state index contributed by atoms with van der Waals surface area (Å²) in [6.07, 6.45) is 0. The first kappa shape index (κ1) is 12.7. The number of nitrogen functional groups attached to an aromatic ring is 1. The third kappa shape index (κ3) is 3.15.